The molecule has 2 aromatic heterocycles. The number of phosphoric ester groups is 2. The summed E-state index contributed by atoms with van der Waals surface area (Å²) in [5.41, 5.74) is 3.94. The maximum absolute atomic E-state index is 12.1. The number of ether oxygens (including phenoxy) is 1. The first-order valence-electron chi connectivity index (χ1n) is 9.60. The van der Waals surface area contributed by atoms with Gasteiger partial charge in [-0.25, -0.2) is 27.8 Å². The average Bonchev–Trinajstić information content (AvgIpc) is 3.23. The summed E-state index contributed by atoms with van der Waals surface area (Å²) in [4.78, 5) is 85.1. The van der Waals surface area contributed by atoms with Gasteiger partial charge in [-0.05, 0) is 0 Å². The number of H-pyrrole nitrogens is 1. The van der Waals surface area contributed by atoms with Gasteiger partial charge in [0.05, 0.1) is 12.9 Å². The fourth-order valence-corrected chi connectivity index (χ4v) is 7.95. The molecule has 30 heteroatoms. The van der Waals surface area contributed by atoms with Gasteiger partial charge >= 0.3 is 39.1 Å². The van der Waals surface area contributed by atoms with Crippen LogP contribution in [0.2, 0.25) is 0 Å². The Labute approximate surface area is 218 Å². The third-order valence-corrected chi connectivity index (χ3v) is 10.3. The highest BCUT2D eigenvalue weighted by molar-refractivity contribution is 7.66. The van der Waals surface area contributed by atoms with E-state index in [2.05, 4.69) is 36.9 Å². The summed E-state index contributed by atoms with van der Waals surface area (Å²) in [6, 6.07) is 0. The molecule has 0 saturated carbocycles. The van der Waals surface area contributed by atoms with Crippen LogP contribution in [0, 0.1) is 0 Å². The summed E-state index contributed by atoms with van der Waals surface area (Å²) in [5.74, 6) is -0.432. The molecule has 0 aromatic carbocycles. The van der Waals surface area contributed by atoms with E-state index in [1.165, 1.54) is 0 Å². The second-order valence-electron chi connectivity index (χ2n) is 7.33. The van der Waals surface area contributed by atoms with Crippen molar-refractivity contribution in [1.82, 2.24) is 19.5 Å². The number of fused-ring (bicyclic) bond motifs is 1. The van der Waals surface area contributed by atoms with Crippen LogP contribution in [0.4, 0.5) is 5.95 Å². The number of phosphoric acid groups is 5. The Morgan fingerprint density at radius 3 is 2.10 bits per heavy atom. The Kier molecular flexibility index (Phi) is 9.51. The van der Waals surface area contributed by atoms with Crippen molar-refractivity contribution in [1.29, 1.82) is 0 Å². The van der Waals surface area contributed by atoms with Crippen molar-refractivity contribution in [3.63, 3.8) is 0 Å². The lowest BCUT2D eigenvalue weighted by molar-refractivity contribution is -0.0501. The van der Waals surface area contributed by atoms with Gasteiger partial charge in [0.15, 0.2) is 17.4 Å². The van der Waals surface area contributed by atoms with Gasteiger partial charge in [-0.15, -0.1) is 0 Å². The zero-order valence-electron chi connectivity index (χ0n) is 18.7. The second kappa shape index (κ2) is 11.4. The quantitative estimate of drug-likeness (QED) is 0.107. The largest absolute Gasteiger partial charge is 0.490 e. The summed E-state index contributed by atoms with van der Waals surface area (Å²) < 4.78 is 83.3. The first-order valence-corrected chi connectivity index (χ1v) is 17.1. The van der Waals surface area contributed by atoms with E-state index < -0.39 is 81.8 Å². The van der Waals surface area contributed by atoms with Crippen LogP contribution in [0.15, 0.2) is 11.1 Å². The normalized spacial score (nSPS) is 26.8. The van der Waals surface area contributed by atoms with Crippen molar-refractivity contribution < 1.29 is 88.9 Å². The number of nitrogens with zero attached hydrogens (tertiary/aromatic N) is 3. The second-order valence-corrected chi connectivity index (χ2v) is 14.5. The lowest BCUT2D eigenvalue weighted by Crippen LogP contribution is -2.36. The molecule has 7 atom stereocenters. The van der Waals surface area contributed by atoms with Crippen LogP contribution < -0.4 is 11.3 Å². The highest BCUT2D eigenvalue weighted by atomic mass is 31.3. The zero-order valence-corrected chi connectivity index (χ0v) is 23.2. The first kappa shape index (κ1) is 33.2. The molecule has 2 aromatic rings. The van der Waals surface area contributed by atoms with Crippen molar-refractivity contribution in [2.45, 2.75) is 24.5 Å². The van der Waals surface area contributed by atoms with Gasteiger partial charge in [0.2, 0.25) is 5.95 Å². The van der Waals surface area contributed by atoms with E-state index in [-0.39, 0.29) is 11.2 Å². The molecule has 1 saturated heterocycles. The molecule has 1 fully saturated rings. The molecule has 4 unspecified atom stereocenters. The van der Waals surface area contributed by atoms with Gasteiger partial charge in [0.25, 0.3) is 5.56 Å². The Bertz CT molecular complexity index is 1560. The number of nitrogens with one attached hydrogen (secondary N) is 1. The van der Waals surface area contributed by atoms with Crippen molar-refractivity contribution >= 4 is 56.2 Å². The number of imidazole rings is 1. The number of aliphatic hydroxyl groups is 1. The molecule has 40 heavy (non-hydrogen) atoms. The van der Waals surface area contributed by atoms with E-state index in [4.69, 9.17) is 30.0 Å². The number of anilines is 1. The van der Waals surface area contributed by atoms with Crippen LogP contribution in [-0.2, 0) is 49.5 Å². The molecule has 0 radical (unpaired) electrons. The van der Waals surface area contributed by atoms with Crippen molar-refractivity contribution in [2.75, 3.05) is 12.3 Å². The Hall–Kier alpha value is -1.26. The first-order chi connectivity index (χ1) is 18.0. The molecule has 3 rings (SSSR count). The fraction of sp³-hybridized carbons (Fsp3) is 0.500. The SMILES string of the molecule is Nc1nc2c(ncn2[C@@H]2O[C@H](COP(=O)(O)OP(=O)(O)OP(=O)(O)O)C(OP(=O)(O)OP(=O)(O)O)[C@@H]2O)c(=O)[nH]1. The summed E-state index contributed by atoms with van der Waals surface area (Å²) in [5, 5.41) is 10.8. The Morgan fingerprint density at radius 1 is 0.950 bits per heavy atom. The van der Waals surface area contributed by atoms with Crippen LogP contribution in [-0.4, -0.2) is 83.8 Å². The standard InChI is InChI=1S/C10H18N5O20P5/c11-10-13-7-4(8(17)14-10)12-2-15(7)9-5(16)6(32-39(26,27)33-36(18,19)20)3(31-9)1-30-38(24,25)35-40(28,29)34-37(21,22)23/h2-3,5-6,9,16H,1H2,(H,24,25)(H,26,27)(H,28,29)(H2,18,19,20)(H2,21,22,23)(H3,11,13,14,17)/t3-,5+,6?,9-/m1/s1. The number of nitrogen functional groups attached to an aromatic ring is 1. The number of aromatic nitrogens is 4. The van der Waals surface area contributed by atoms with Gasteiger partial charge in [0, 0.05) is 0 Å². The topological polar surface area (TPSA) is 392 Å². The lowest BCUT2D eigenvalue weighted by Gasteiger charge is -2.23. The summed E-state index contributed by atoms with van der Waals surface area (Å²) in [6.07, 6.45) is -7.37. The van der Waals surface area contributed by atoms with Gasteiger partial charge in [-0.3, -0.25) is 23.4 Å². The summed E-state index contributed by atoms with van der Waals surface area (Å²) in [6.45, 7) is -1.37. The number of hydrogen-bond acceptors (Lipinski definition) is 16. The predicted octanol–water partition coefficient (Wildman–Crippen LogP) is -2.10. The van der Waals surface area contributed by atoms with Crippen LogP contribution in [0.3, 0.4) is 0 Å². The molecule has 0 bridgehead atoms. The summed E-state index contributed by atoms with van der Waals surface area (Å²) in [7, 11) is -28.9. The Balaban J connectivity index is 1.91. The number of rotatable bonds is 12. The fourth-order valence-electron chi connectivity index (χ4n) is 3.12. The number of aromatic amines is 1. The van der Waals surface area contributed by atoms with Gasteiger partial charge in [-0.2, -0.15) is 17.9 Å². The van der Waals surface area contributed by atoms with Crippen molar-refractivity contribution in [2.24, 2.45) is 0 Å². The van der Waals surface area contributed by atoms with E-state index in [0.717, 1.165) is 10.9 Å². The minimum atomic E-state index is -5.95. The minimum absolute atomic E-state index is 0.337. The molecule has 3 heterocycles. The average molecular weight is 683 g/mol. The van der Waals surface area contributed by atoms with Crippen molar-refractivity contribution in [3.8, 4) is 0 Å². The maximum Gasteiger partial charge on any atom is 0.490 e. The van der Waals surface area contributed by atoms with E-state index in [0.29, 0.717) is 0 Å². The van der Waals surface area contributed by atoms with Crippen molar-refractivity contribution in [3.05, 3.63) is 16.7 Å². The molecule has 1 aliphatic heterocycles. The zero-order chi connectivity index (χ0) is 30.5. The molecular weight excluding hydrogens is 665 g/mol. The molecule has 228 valence electrons. The predicted molar refractivity (Wildman–Crippen MR) is 120 cm³/mol. The van der Waals surface area contributed by atoms with E-state index in [9.17, 15) is 47.4 Å². The highest BCUT2D eigenvalue weighted by Crippen LogP contribution is 2.66. The third kappa shape index (κ3) is 8.87. The lowest BCUT2D eigenvalue weighted by atomic mass is 10.1. The maximum atomic E-state index is 12.1. The van der Waals surface area contributed by atoms with Gasteiger partial charge in [-0.1, -0.05) is 0 Å². The van der Waals surface area contributed by atoms with E-state index >= 15 is 0 Å². The molecule has 0 aliphatic carbocycles. The van der Waals surface area contributed by atoms with Crippen LogP contribution in [0.5, 0.6) is 0 Å². The molecule has 11 N–H and O–H groups in total. The molecule has 1 aliphatic rings. The monoisotopic (exact) mass is 683 g/mol. The van der Waals surface area contributed by atoms with Crippen LogP contribution >= 0.6 is 39.1 Å². The third-order valence-electron chi connectivity index (χ3n) is 4.32. The Morgan fingerprint density at radius 2 is 1.52 bits per heavy atom. The van der Waals surface area contributed by atoms with Gasteiger partial charge < -0.3 is 49.8 Å². The molecule has 0 spiro atoms. The van der Waals surface area contributed by atoms with Gasteiger partial charge in [0.1, 0.15) is 18.3 Å². The smallest absolute Gasteiger partial charge is 0.386 e. The number of nitrogens with two attached hydrogens (primary N) is 1. The van der Waals surface area contributed by atoms with Crippen LogP contribution in [0.25, 0.3) is 11.2 Å². The number of hydrogen-bond donors (Lipinski definition) is 10. The van der Waals surface area contributed by atoms with E-state index in [1.54, 1.807) is 0 Å². The highest BCUT2D eigenvalue weighted by Gasteiger charge is 2.51. The molecular formula is C10H18N5O20P5. The molecule has 0 amide bonds. The molecule has 25 nitrogen and oxygen atoms in total. The van der Waals surface area contributed by atoms with Crippen LogP contribution in [0.1, 0.15) is 6.23 Å². The van der Waals surface area contributed by atoms with E-state index in [1.807, 2.05) is 0 Å². The minimum Gasteiger partial charge on any atom is -0.386 e. The summed E-state index contributed by atoms with van der Waals surface area (Å²) >= 11 is 0. The number of aliphatic hydroxyl groups excluding tert-OH is 1.